The number of carbonyl (C=O) groups is 1. The van der Waals surface area contributed by atoms with E-state index in [4.69, 9.17) is 4.74 Å². The Kier molecular flexibility index (Phi) is 8.02. The highest BCUT2D eigenvalue weighted by molar-refractivity contribution is 6.09. The van der Waals surface area contributed by atoms with Crippen LogP contribution in [0.2, 0.25) is 0 Å². The lowest BCUT2D eigenvalue weighted by atomic mass is 10.0. The predicted molar refractivity (Wildman–Crippen MR) is 149 cm³/mol. The maximum atomic E-state index is 12.4. The number of ether oxygens (including phenoxy) is 1. The predicted octanol–water partition coefficient (Wildman–Crippen LogP) is 6.11. The SMILES string of the molecule is C=C1C=C(C)c2ccc(N(C)C)cc2O1.CN(C)c1ccc(C(=O)c2ccc(N(C)C)cc2)cc1. The molecule has 0 radical (unpaired) electrons. The molecule has 0 bridgehead atoms. The molecule has 5 heteroatoms. The van der Waals surface area contributed by atoms with Gasteiger partial charge in [-0.15, -0.1) is 0 Å². The van der Waals surface area contributed by atoms with Crippen molar-refractivity contribution in [1.82, 2.24) is 0 Å². The number of rotatable bonds is 5. The Morgan fingerprint density at radius 3 is 1.54 bits per heavy atom. The van der Waals surface area contributed by atoms with Gasteiger partial charge in [0.05, 0.1) is 0 Å². The maximum Gasteiger partial charge on any atom is 0.193 e. The van der Waals surface area contributed by atoms with Crippen molar-refractivity contribution in [3.8, 4) is 5.75 Å². The molecule has 4 rings (SSSR count). The van der Waals surface area contributed by atoms with Crippen molar-refractivity contribution in [3.63, 3.8) is 0 Å². The van der Waals surface area contributed by atoms with Crippen molar-refractivity contribution >= 4 is 28.4 Å². The van der Waals surface area contributed by atoms with Crippen LogP contribution in [0.1, 0.15) is 28.4 Å². The quantitative estimate of drug-likeness (QED) is 0.421. The molecule has 5 nitrogen and oxygen atoms in total. The Morgan fingerprint density at radius 2 is 1.11 bits per heavy atom. The lowest BCUT2D eigenvalue weighted by Gasteiger charge is -2.20. The molecule has 0 aliphatic carbocycles. The fourth-order valence-corrected chi connectivity index (χ4v) is 3.68. The van der Waals surface area contributed by atoms with Crippen LogP contribution < -0.4 is 19.4 Å². The third-order valence-corrected chi connectivity index (χ3v) is 5.82. The third-order valence-electron chi connectivity index (χ3n) is 5.82. The van der Waals surface area contributed by atoms with Crippen molar-refractivity contribution in [2.45, 2.75) is 6.92 Å². The smallest absolute Gasteiger partial charge is 0.193 e. The first-order valence-electron chi connectivity index (χ1n) is 11.5. The molecule has 0 saturated heterocycles. The normalized spacial score (nSPS) is 11.9. The second-order valence-electron chi connectivity index (χ2n) is 9.18. The molecule has 0 atom stereocenters. The van der Waals surface area contributed by atoms with Gasteiger partial charge in [0, 0.05) is 82.1 Å². The van der Waals surface area contributed by atoms with Gasteiger partial charge in [0.1, 0.15) is 11.5 Å². The molecule has 0 unspecified atom stereocenters. The number of hydrogen-bond donors (Lipinski definition) is 0. The fraction of sp³-hybridized carbons (Fsp3) is 0.233. The van der Waals surface area contributed by atoms with E-state index in [-0.39, 0.29) is 5.78 Å². The minimum atomic E-state index is 0.0561. The molecule has 182 valence electrons. The number of carbonyl (C=O) groups excluding carboxylic acids is 1. The van der Waals surface area contributed by atoms with E-state index in [1.54, 1.807) is 0 Å². The van der Waals surface area contributed by atoms with E-state index in [9.17, 15) is 4.79 Å². The topological polar surface area (TPSA) is 36.0 Å². The summed E-state index contributed by atoms with van der Waals surface area (Å²) < 4.78 is 5.60. The number of hydrogen-bond acceptors (Lipinski definition) is 5. The highest BCUT2D eigenvalue weighted by Crippen LogP contribution is 2.35. The monoisotopic (exact) mass is 469 g/mol. The molecule has 1 aliphatic rings. The van der Waals surface area contributed by atoms with Crippen LogP contribution in [0.25, 0.3) is 5.57 Å². The van der Waals surface area contributed by atoms with Crippen LogP contribution in [0.15, 0.2) is 85.1 Å². The summed E-state index contributed by atoms with van der Waals surface area (Å²) in [4.78, 5) is 18.5. The average Bonchev–Trinajstić information content (AvgIpc) is 2.83. The van der Waals surface area contributed by atoms with E-state index in [1.165, 1.54) is 5.57 Å². The van der Waals surface area contributed by atoms with Gasteiger partial charge in [0.2, 0.25) is 0 Å². The molecule has 35 heavy (non-hydrogen) atoms. The van der Waals surface area contributed by atoms with Crippen LogP contribution in [0.4, 0.5) is 17.1 Å². The number of ketones is 1. The number of anilines is 3. The standard InChI is InChI=1S/C17H20N2O.C13H15NO/c1-18(2)15-9-5-13(6-10-15)17(20)14-7-11-16(12-8-14)19(3)4;1-9-7-10(2)15-13-8-11(14(3)4)5-6-12(9)13/h5-12H,1-4H3;5-8H,2H2,1,3-4H3. The van der Waals surface area contributed by atoms with Gasteiger partial charge in [0.15, 0.2) is 5.78 Å². The second-order valence-corrected chi connectivity index (χ2v) is 9.18. The minimum absolute atomic E-state index is 0.0561. The van der Waals surface area contributed by atoms with Crippen LogP contribution in [-0.4, -0.2) is 48.1 Å². The summed E-state index contributed by atoms with van der Waals surface area (Å²) in [6, 6.07) is 21.5. The fourth-order valence-electron chi connectivity index (χ4n) is 3.68. The Bertz CT molecular complexity index is 1170. The van der Waals surface area contributed by atoms with E-state index in [2.05, 4.69) is 30.5 Å². The zero-order chi connectivity index (χ0) is 25.7. The van der Waals surface area contributed by atoms with Crippen molar-refractivity contribution in [3.05, 3.63) is 102 Å². The molecule has 0 fully saturated rings. The molecule has 0 amide bonds. The summed E-state index contributed by atoms with van der Waals surface area (Å²) in [5.74, 6) is 1.66. The third kappa shape index (κ3) is 6.33. The Balaban J connectivity index is 0.000000203. The first-order chi connectivity index (χ1) is 16.6. The molecule has 0 N–H and O–H groups in total. The van der Waals surface area contributed by atoms with Gasteiger partial charge in [-0.25, -0.2) is 0 Å². The highest BCUT2D eigenvalue weighted by Gasteiger charge is 2.14. The molecular weight excluding hydrogens is 434 g/mol. The molecule has 1 aliphatic heterocycles. The molecule has 3 aromatic rings. The molecule has 0 aromatic heterocycles. The van der Waals surface area contributed by atoms with E-state index < -0.39 is 0 Å². The van der Waals surface area contributed by atoms with Crippen molar-refractivity contribution in [2.75, 3.05) is 57.0 Å². The van der Waals surface area contributed by atoms with Crippen LogP contribution in [0.3, 0.4) is 0 Å². The summed E-state index contributed by atoms with van der Waals surface area (Å²) in [6.07, 6.45) is 1.96. The second kappa shape index (κ2) is 11.0. The summed E-state index contributed by atoms with van der Waals surface area (Å²) >= 11 is 0. The van der Waals surface area contributed by atoms with Gasteiger partial charge in [-0.05, 0) is 79.2 Å². The highest BCUT2D eigenvalue weighted by atomic mass is 16.5. The van der Waals surface area contributed by atoms with Crippen LogP contribution in [0, 0.1) is 0 Å². The van der Waals surface area contributed by atoms with Crippen molar-refractivity contribution in [2.24, 2.45) is 0 Å². The Morgan fingerprint density at radius 1 is 0.686 bits per heavy atom. The van der Waals surface area contributed by atoms with Gasteiger partial charge < -0.3 is 19.4 Å². The van der Waals surface area contributed by atoms with Gasteiger partial charge in [0.25, 0.3) is 0 Å². The maximum absolute atomic E-state index is 12.4. The van der Waals surface area contributed by atoms with Gasteiger partial charge in [-0.1, -0.05) is 6.58 Å². The van der Waals surface area contributed by atoms with Crippen LogP contribution >= 0.6 is 0 Å². The summed E-state index contributed by atoms with van der Waals surface area (Å²) in [5, 5.41) is 0. The van der Waals surface area contributed by atoms with Gasteiger partial charge in [-0.3, -0.25) is 4.79 Å². The Labute approximate surface area is 209 Å². The summed E-state index contributed by atoms with van der Waals surface area (Å²) in [7, 11) is 12.0. The van der Waals surface area contributed by atoms with Crippen molar-refractivity contribution in [1.29, 1.82) is 0 Å². The first kappa shape index (κ1) is 25.6. The number of benzene rings is 3. The van der Waals surface area contributed by atoms with E-state index in [0.29, 0.717) is 16.9 Å². The zero-order valence-corrected chi connectivity index (χ0v) is 21.8. The zero-order valence-electron chi connectivity index (χ0n) is 21.8. The van der Waals surface area contributed by atoms with Crippen molar-refractivity contribution < 1.29 is 9.53 Å². The van der Waals surface area contributed by atoms with Gasteiger partial charge >= 0.3 is 0 Å². The van der Waals surface area contributed by atoms with E-state index in [0.717, 1.165) is 28.4 Å². The van der Waals surface area contributed by atoms with Gasteiger partial charge in [-0.2, -0.15) is 0 Å². The molecule has 0 saturated carbocycles. The number of allylic oxidation sites excluding steroid dienone is 2. The molecule has 1 heterocycles. The van der Waals surface area contributed by atoms with Crippen LogP contribution in [0.5, 0.6) is 5.75 Å². The molecular formula is C30H35N3O2. The number of nitrogens with zero attached hydrogens (tertiary/aromatic N) is 3. The average molecular weight is 470 g/mol. The minimum Gasteiger partial charge on any atom is -0.457 e. The van der Waals surface area contributed by atoms with Crippen LogP contribution in [-0.2, 0) is 0 Å². The molecule has 0 spiro atoms. The lowest BCUT2D eigenvalue weighted by molar-refractivity contribution is 0.103. The summed E-state index contributed by atoms with van der Waals surface area (Å²) in [5.41, 5.74) is 7.09. The van der Waals surface area contributed by atoms with E-state index in [1.807, 2.05) is 113 Å². The summed E-state index contributed by atoms with van der Waals surface area (Å²) in [6.45, 7) is 5.90. The first-order valence-corrected chi connectivity index (χ1v) is 11.5. The largest absolute Gasteiger partial charge is 0.457 e. The molecule has 3 aromatic carbocycles. The number of fused-ring (bicyclic) bond motifs is 1. The Hall–Kier alpha value is -3.99. The lowest BCUT2D eigenvalue weighted by Crippen LogP contribution is -2.10. The van der Waals surface area contributed by atoms with E-state index >= 15 is 0 Å².